The first-order chi connectivity index (χ1) is 12.1. The van der Waals surface area contributed by atoms with Crippen LogP contribution in [0.4, 0.5) is 4.39 Å². The molecule has 4 nitrogen and oxygen atoms in total. The van der Waals surface area contributed by atoms with Crippen LogP contribution < -0.4 is 0 Å². The average Bonchev–Trinajstić information content (AvgIpc) is 2.63. The van der Waals surface area contributed by atoms with E-state index in [2.05, 4.69) is 29.2 Å². The van der Waals surface area contributed by atoms with E-state index in [1.807, 2.05) is 6.07 Å². The number of hydrogen-bond donors (Lipinski definition) is 0. The Morgan fingerprint density at radius 3 is 2.16 bits per heavy atom. The summed E-state index contributed by atoms with van der Waals surface area (Å²) in [6.45, 7) is 3.39. The van der Waals surface area contributed by atoms with E-state index in [0.29, 0.717) is 13.1 Å². The van der Waals surface area contributed by atoms with Gasteiger partial charge in [0.1, 0.15) is 5.82 Å². The molecule has 1 saturated heterocycles. The van der Waals surface area contributed by atoms with Gasteiger partial charge in [-0.1, -0.05) is 30.3 Å². The van der Waals surface area contributed by atoms with E-state index in [1.165, 1.54) is 34.1 Å². The molecule has 0 N–H and O–H groups in total. The smallest absolute Gasteiger partial charge is 0.243 e. The van der Waals surface area contributed by atoms with E-state index in [9.17, 15) is 12.8 Å². The van der Waals surface area contributed by atoms with Gasteiger partial charge < -0.3 is 4.90 Å². The Hall–Kier alpha value is -1.76. The molecule has 1 aliphatic rings. The number of piperazine rings is 1. The van der Waals surface area contributed by atoms with Crippen molar-refractivity contribution in [3.63, 3.8) is 0 Å². The van der Waals surface area contributed by atoms with Crippen molar-refractivity contribution in [2.45, 2.75) is 17.7 Å². The van der Waals surface area contributed by atoms with Gasteiger partial charge in [-0.2, -0.15) is 4.31 Å². The van der Waals surface area contributed by atoms with Crippen LogP contribution in [-0.4, -0.2) is 50.3 Å². The highest BCUT2D eigenvalue weighted by Crippen LogP contribution is 2.18. The number of benzene rings is 2. The van der Waals surface area contributed by atoms with E-state index >= 15 is 0 Å². The van der Waals surface area contributed by atoms with Crippen molar-refractivity contribution < 1.29 is 12.8 Å². The second-order valence-electron chi connectivity index (χ2n) is 6.29. The maximum atomic E-state index is 13.0. The molecule has 134 valence electrons. The Balaban J connectivity index is 1.49. The lowest BCUT2D eigenvalue weighted by atomic mass is 10.1. The number of rotatable bonds is 6. The summed E-state index contributed by atoms with van der Waals surface area (Å²) in [7, 11) is -3.53. The minimum Gasteiger partial charge on any atom is -0.301 e. The predicted octanol–water partition coefficient (Wildman–Crippen LogP) is 2.76. The molecule has 0 atom stereocenters. The fraction of sp³-hybridized carbons (Fsp3) is 0.368. The summed E-state index contributed by atoms with van der Waals surface area (Å²) >= 11 is 0. The molecule has 1 heterocycles. The van der Waals surface area contributed by atoms with Gasteiger partial charge >= 0.3 is 0 Å². The fourth-order valence-corrected chi connectivity index (χ4v) is 4.52. The summed E-state index contributed by atoms with van der Waals surface area (Å²) < 4.78 is 39.7. The van der Waals surface area contributed by atoms with Crippen molar-refractivity contribution >= 4 is 10.0 Å². The number of aryl methyl sites for hydroxylation is 1. The number of sulfonamides is 1. The zero-order chi connectivity index (χ0) is 17.7. The Morgan fingerprint density at radius 1 is 0.880 bits per heavy atom. The van der Waals surface area contributed by atoms with E-state index < -0.39 is 15.8 Å². The molecular weight excluding hydrogens is 339 g/mol. The average molecular weight is 362 g/mol. The van der Waals surface area contributed by atoms with Crippen LogP contribution >= 0.6 is 0 Å². The molecule has 2 aromatic carbocycles. The third-order valence-electron chi connectivity index (χ3n) is 4.57. The van der Waals surface area contributed by atoms with Crippen LogP contribution in [0.1, 0.15) is 12.0 Å². The van der Waals surface area contributed by atoms with E-state index in [0.717, 1.165) is 32.5 Å². The molecular formula is C19H23FN2O2S. The zero-order valence-corrected chi connectivity index (χ0v) is 15.0. The fourth-order valence-electron chi connectivity index (χ4n) is 3.10. The standard InChI is InChI=1S/C19H23FN2O2S/c20-18-8-10-19(11-9-18)25(23,24)22-15-13-21(14-16-22)12-4-7-17-5-2-1-3-6-17/h1-3,5-6,8-11H,4,7,12-16H2. The second-order valence-corrected chi connectivity index (χ2v) is 8.23. The summed E-state index contributed by atoms with van der Waals surface area (Å²) in [5, 5.41) is 0. The van der Waals surface area contributed by atoms with Gasteiger partial charge in [-0.25, -0.2) is 12.8 Å². The van der Waals surface area contributed by atoms with Crippen molar-refractivity contribution in [3.8, 4) is 0 Å². The number of hydrogen-bond acceptors (Lipinski definition) is 3. The molecule has 2 aromatic rings. The van der Waals surface area contributed by atoms with E-state index in [4.69, 9.17) is 0 Å². The zero-order valence-electron chi connectivity index (χ0n) is 14.1. The van der Waals surface area contributed by atoms with Crippen LogP contribution in [0.5, 0.6) is 0 Å². The molecule has 0 amide bonds. The monoisotopic (exact) mass is 362 g/mol. The van der Waals surface area contributed by atoms with Crippen LogP contribution in [0, 0.1) is 5.82 Å². The topological polar surface area (TPSA) is 40.6 Å². The van der Waals surface area contributed by atoms with E-state index in [1.54, 1.807) is 0 Å². The third-order valence-corrected chi connectivity index (χ3v) is 6.48. The molecule has 3 rings (SSSR count). The lowest BCUT2D eigenvalue weighted by Gasteiger charge is -2.34. The quantitative estimate of drug-likeness (QED) is 0.793. The minimum absolute atomic E-state index is 0.159. The molecule has 0 unspecified atom stereocenters. The molecule has 1 aliphatic heterocycles. The van der Waals surface area contributed by atoms with Gasteiger partial charge in [-0.05, 0) is 49.2 Å². The SMILES string of the molecule is O=S(=O)(c1ccc(F)cc1)N1CCN(CCCc2ccccc2)CC1. The lowest BCUT2D eigenvalue weighted by molar-refractivity contribution is 0.187. The largest absolute Gasteiger partial charge is 0.301 e. The number of halogens is 1. The molecule has 0 radical (unpaired) electrons. The van der Waals surface area contributed by atoms with Gasteiger partial charge in [0, 0.05) is 26.2 Å². The molecule has 0 aromatic heterocycles. The summed E-state index contributed by atoms with van der Waals surface area (Å²) in [4.78, 5) is 2.46. The molecule has 6 heteroatoms. The van der Waals surface area contributed by atoms with Crippen molar-refractivity contribution in [2.75, 3.05) is 32.7 Å². The van der Waals surface area contributed by atoms with Crippen LogP contribution in [0.15, 0.2) is 59.5 Å². The van der Waals surface area contributed by atoms with Gasteiger partial charge in [-0.3, -0.25) is 0 Å². The first-order valence-electron chi connectivity index (χ1n) is 8.58. The summed E-state index contributed by atoms with van der Waals surface area (Å²) in [6.07, 6.45) is 2.10. The molecule has 25 heavy (non-hydrogen) atoms. The maximum Gasteiger partial charge on any atom is 0.243 e. The highest BCUT2D eigenvalue weighted by atomic mass is 32.2. The van der Waals surface area contributed by atoms with Crippen molar-refractivity contribution in [1.29, 1.82) is 0 Å². The summed E-state index contributed by atoms with van der Waals surface area (Å²) in [6, 6.07) is 15.4. The van der Waals surface area contributed by atoms with Crippen molar-refractivity contribution in [3.05, 3.63) is 66.0 Å². The van der Waals surface area contributed by atoms with Gasteiger partial charge in [-0.15, -0.1) is 0 Å². The van der Waals surface area contributed by atoms with Crippen molar-refractivity contribution in [1.82, 2.24) is 9.21 Å². The van der Waals surface area contributed by atoms with Gasteiger partial charge in [0.2, 0.25) is 10.0 Å². The Morgan fingerprint density at radius 2 is 1.52 bits per heavy atom. The van der Waals surface area contributed by atoms with Crippen LogP contribution in [0.25, 0.3) is 0 Å². The number of nitrogens with zero attached hydrogens (tertiary/aromatic N) is 2. The van der Waals surface area contributed by atoms with E-state index in [-0.39, 0.29) is 4.90 Å². The van der Waals surface area contributed by atoms with Crippen molar-refractivity contribution in [2.24, 2.45) is 0 Å². The first kappa shape index (κ1) is 18.0. The molecule has 0 aliphatic carbocycles. The third kappa shape index (κ3) is 4.66. The Labute approximate surface area is 148 Å². The highest BCUT2D eigenvalue weighted by Gasteiger charge is 2.28. The maximum absolute atomic E-state index is 13.0. The van der Waals surface area contributed by atoms with Gasteiger partial charge in [0.25, 0.3) is 0 Å². The first-order valence-corrected chi connectivity index (χ1v) is 10.0. The molecule has 0 bridgehead atoms. The normalized spacial score (nSPS) is 16.8. The highest BCUT2D eigenvalue weighted by molar-refractivity contribution is 7.89. The predicted molar refractivity (Wildman–Crippen MR) is 96.4 cm³/mol. The second kappa shape index (κ2) is 8.08. The minimum atomic E-state index is -3.53. The van der Waals surface area contributed by atoms with Gasteiger partial charge in [0.15, 0.2) is 0 Å². The van der Waals surface area contributed by atoms with Gasteiger partial charge in [0.05, 0.1) is 4.90 Å². The molecule has 0 saturated carbocycles. The lowest BCUT2D eigenvalue weighted by Crippen LogP contribution is -2.48. The molecule has 0 spiro atoms. The Kier molecular flexibility index (Phi) is 5.83. The van der Waals surface area contributed by atoms with Crippen LogP contribution in [0.3, 0.4) is 0 Å². The van der Waals surface area contributed by atoms with Crippen LogP contribution in [0.2, 0.25) is 0 Å². The summed E-state index contributed by atoms with van der Waals surface area (Å²) in [5.74, 6) is -0.429. The Bertz CT molecular complexity index is 771. The summed E-state index contributed by atoms with van der Waals surface area (Å²) in [5.41, 5.74) is 1.33. The van der Waals surface area contributed by atoms with Crippen LogP contribution in [-0.2, 0) is 16.4 Å². The molecule has 1 fully saturated rings.